The SMILES string of the molecule is CC1CCCC2(C1)C(=O)NC(=O)N2Cc1cccnc1. The number of rotatable bonds is 2. The van der Waals surface area contributed by atoms with Crippen LogP contribution in [0.1, 0.15) is 38.2 Å². The minimum Gasteiger partial charge on any atom is -0.305 e. The second-order valence-corrected chi connectivity index (χ2v) is 5.94. The van der Waals surface area contributed by atoms with E-state index < -0.39 is 5.54 Å². The molecule has 2 atom stereocenters. The van der Waals surface area contributed by atoms with Crippen molar-refractivity contribution in [3.63, 3.8) is 0 Å². The molecular formula is C15H19N3O2. The van der Waals surface area contributed by atoms with E-state index in [2.05, 4.69) is 17.2 Å². The molecular weight excluding hydrogens is 254 g/mol. The fourth-order valence-corrected chi connectivity index (χ4v) is 3.47. The van der Waals surface area contributed by atoms with E-state index in [0.29, 0.717) is 12.5 Å². The molecule has 3 rings (SSSR count). The van der Waals surface area contributed by atoms with Crippen LogP contribution in [-0.4, -0.2) is 27.4 Å². The molecule has 2 aliphatic rings. The monoisotopic (exact) mass is 273 g/mol. The standard InChI is InChI=1S/C15H19N3O2/c1-11-4-2-6-15(8-11)13(19)17-14(20)18(15)10-12-5-3-7-16-9-12/h3,5,7,9,11H,2,4,6,8,10H2,1H3,(H,17,19,20). The molecule has 1 N–H and O–H groups in total. The highest BCUT2D eigenvalue weighted by molar-refractivity contribution is 6.07. The van der Waals surface area contributed by atoms with Crippen LogP contribution < -0.4 is 5.32 Å². The zero-order valence-electron chi connectivity index (χ0n) is 11.6. The molecule has 0 aromatic carbocycles. The Balaban J connectivity index is 1.90. The average molecular weight is 273 g/mol. The molecule has 1 aliphatic carbocycles. The number of amides is 3. The molecule has 2 heterocycles. The minimum absolute atomic E-state index is 0.127. The average Bonchev–Trinajstić information content (AvgIpc) is 2.64. The van der Waals surface area contributed by atoms with Crippen molar-refractivity contribution in [3.05, 3.63) is 30.1 Å². The first-order valence-electron chi connectivity index (χ1n) is 7.14. The maximum Gasteiger partial charge on any atom is 0.325 e. The van der Waals surface area contributed by atoms with Gasteiger partial charge in [-0.1, -0.05) is 25.8 Å². The molecule has 1 spiro atoms. The normalized spacial score (nSPS) is 29.9. The molecule has 1 saturated carbocycles. The maximum atomic E-state index is 12.3. The number of hydrogen-bond donors (Lipinski definition) is 1. The zero-order chi connectivity index (χ0) is 14.2. The van der Waals surface area contributed by atoms with E-state index in [0.717, 1.165) is 31.2 Å². The summed E-state index contributed by atoms with van der Waals surface area (Å²) in [6.07, 6.45) is 7.09. The first-order valence-corrected chi connectivity index (χ1v) is 7.14. The van der Waals surface area contributed by atoms with Crippen LogP contribution in [0.15, 0.2) is 24.5 Å². The number of hydrogen-bond acceptors (Lipinski definition) is 3. The summed E-state index contributed by atoms with van der Waals surface area (Å²) in [4.78, 5) is 30.2. The van der Waals surface area contributed by atoms with E-state index in [1.807, 2.05) is 12.1 Å². The van der Waals surface area contributed by atoms with Crippen LogP contribution >= 0.6 is 0 Å². The van der Waals surface area contributed by atoms with Crippen LogP contribution in [0.25, 0.3) is 0 Å². The van der Waals surface area contributed by atoms with Crippen molar-refractivity contribution >= 4 is 11.9 Å². The zero-order valence-corrected chi connectivity index (χ0v) is 11.6. The van der Waals surface area contributed by atoms with E-state index in [1.165, 1.54) is 0 Å². The molecule has 1 aromatic heterocycles. The van der Waals surface area contributed by atoms with Crippen LogP contribution in [0.2, 0.25) is 0 Å². The highest BCUT2D eigenvalue weighted by atomic mass is 16.2. The van der Waals surface area contributed by atoms with E-state index in [1.54, 1.807) is 17.3 Å². The smallest absolute Gasteiger partial charge is 0.305 e. The number of aromatic nitrogens is 1. The van der Waals surface area contributed by atoms with Gasteiger partial charge in [0.15, 0.2) is 0 Å². The van der Waals surface area contributed by atoms with Crippen molar-refractivity contribution < 1.29 is 9.59 Å². The summed E-state index contributed by atoms with van der Waals surface area (Å²) in [6.45, 7) is 2.59. The Labute approximate surface area is 118 Å². The number of carbonyl (C=O) groups excluding carboxylic acids is 2. The van der Waals surface area contributed by atoms with Gasteiger partial charge in [-0.15, -0.1) is 0 Å². The second kappa shape index (κ2) is 4.89. The Hall–Kier alpha value is -1.91. The number of urea groups is 1. The third-order valence-corrected chi connectivity index (χ3v) is 4.44. The first kappa shape index (κ1) is 13.1. The predicted octanol–water partition coefficient (Wildman–Crippen LogP) is 2.08. The minimum atomic E-state index is -0.648. The lowest BCUT2D eigenvalue weighted by molar-refractivity contribution is -0.129. The van der Waals surface area contributed by atoms with Crippen molar-refractivity contribution in [2.45, 2.75) is 44.7 Å². The number of imide groups is 1. The molecule has 1 aromatic rings. The lowest BCUT2D eigenvalue weighted by Crippen LogP contribution is -2.52. The van der Waals surface area contributed by atoms with Gasteiger partial charge >= 0.3 is 6.03 Å². The fourth-order valence-electron chi connectivity index (χ4n) is 3.47. The van der Waals surface area contributed by atoms with Crippen molar-refractivity contribution in [1.29, 1.82) is 0 Å². The summed E-state index contributed by atoms with van der Waals surface area (Å²) in [5.41, 5.74) is 0.305. The molecule has 5 heteroatoms. The van der Waals surface area contributed by atoms with E-state index in [-0.39, 0.29) is 11.9 Å². The third kappa shape index (κ3) is 2.07. The highest BCUT2D eigenvalue weighted by Crippen LogP contribution is 2.40. The molecule has 0 bridgehead atoms. The molecule has 20 heavy (non-hydrogen) atoms. The highest BCUT2D eigenvalue weighted by Gasteiger charge is 2.53. The van der Waals surface area contributed by atoms with Gasteiger partial charge in [0.05, 0.1) is 6.54 Å². The molecule has 5 nitrogen and oxygen atoms in total. The number of carbonyl (C=O) groups is 2. The molecule has 2 unspecified atom stereocenters. The van der Waals surface area contributed by atoms with Gasteiger partial charge in [0.2, 0.25) is 0 Å². The van der Waals surface area contributed by atoms with Crippen molar-refractivity contribution in [3.8, 4) is 0 Å². The fraction of sp³-hybridized carbons (Fsp3) is 0.533. The topological polar surface area (TPSA) is 62.3 Å². The molecule has 106 valence electrons. The maximum absolute atomic E-state index is 12.3. The molecule has 1 aliphatic heterocycles. The van der Waals surface area contributed by atoms with E-state index in [9.17, 15) is 9.59 Å². The van der Waals surface area contributed by atoms with Crippen LogP contribution in [0.4, 0.5) is 4.79 Å². The summed E-state index contributed by atoms with van der Waals surface area (Å²) in [5.74, 6) is 0.342. The number of nitrogens with one attached hydrogen (secondary N) is 1. The van der Waals surface area contributed by atoms with Crippen LogP contribution in [-0.2, 0) is 11.3 Å². The lowest BCUT2D eigenvalue weighted by Gasteiger charge is -2.40. The Morgan fingerprint density at radius 1 is 1.50 bits per heavy atom. The molecule has 1 saturated heterocycles. The third-order valence-electron chi connectivity index (χ3n) is 4.44. The van der Waals surface area contributed by atoms with Crippen LogP contribution in [0.5, 0.6) is 0 Å². The summed E-state index contributed by atoms with van der Waals surface area (Å²) in [5, 5.41) is 2.50. The van der Waals surface area contributed by atoms with Crippen LogP contribution in [0.3, 0.4) is 0 Å². The quantitative estimate of drug-likeness (QED) is 0.839. The van der Waals surface area contributed by atoms with Gasteiger partial charge in [0, 0.05) is 12.4 Å². The van der Waals surface area contributed by atoms with Crippen molar-refractivity contribution in [2.75, 3.05) is 0 Å². The van der Waals surface area contributed by atoms with Gasteiger partial charge in [0.1, 0.15) is 5.54 Å². The van der Waals surface area contributed by atoms with Gasteiger partial charge in [-0.25, -0.2) is 4.79 Å². The predicted molar refractivity (Wildman–Crippen MR) is 73.7 cm³/mol. The van der Waals surface area contributed by atoms with Gasteiger partial charge in [-0.3, -0.25) is 15.1 Å². The van der Waals surface area contributed by atoms with Gasteiger partial charge in [0.25, 0.3) is 5.91 Å². The molecule has 3 amide bonds. The van der Waals surface area contributed by atoms with Crippen molar-refractivity contribution in [2.24, 2.45) is 5.92 Å². The summed E-state index contributed by atoms with van der Waals surface area (Å²) >= 11 is 0. The largest absolute Gasteiger partial charge is 0.325 e. The Bertz CT molecular complexity index is 531. The molecule has 2 fully saturated rings. The van der Waals surface area contributed by atoms with Gasteiger partial charge in [-0.05, 0) is 30.4 Å². The van der Waals surface area contributed by atoms with E-state index >= 15 is 0 Å². The van der Waals surface area contributed by atoms with Gasteiger partial charge < -0.3 is 4.90 Å². The summed E-state index contributed by atoms with van der Waals surface area (Å²) in [7, 11) is 0. The van der Waals surface area contributed by atoms with Gasteiger partial charge in [-0.2, -0.15) is 0 Å². The lowest BCUT2D eigenvalue weighted by atomic mass is 9.75. The summed E-state index contributed by atoms with van der Waals surface area (Å²) in [6, 6.07) is 3.51. The second-order valence-electron chi connectivity index (χ2n) is 5.94. The number of nitrogens with zero attached hydrogens (tertiary/aromatic N) is 2. The Morgan fingerprint density at radius 2 is 2.35 bits per heavy atom. The number of pyridine rings is 1. The summed E-state index contributed by atoms with van der Waals surface area (Å²) < 4.78 is 0. The first-order chi connectivity index (χ1) is 9.62. The Morgan fingerprint density at radius 3 is 3.05 bits per heavy atom. The molecule has 0 radical (unpaired) electrons. The van der Waals surface area contributed by atoms with Crippen molar-refractivity contribution in [1.82, 2.24) is 15.2 Å². The van der Waals surface area contributed by atoms with E-state index in [4.69, 9.17) is 0 Å². The van der Waals surface area contributed by atoms with Crippen LogP contribution in [0, 0.1) is 5.92 Å². The Kier molecular flexibility index (Phi) is 3.20.